The van der Waals surface area contributed by atoms with Gasteiger partial charge in [-0.05, 0) is 6.07 Å². The molecule has 8 nitrogen and oxygen atoms in total. The van der Waals surface area contributed by atoms with E-state index >= 15 is 0 Å². The van der Waals surface area contributed by atoms with Crippen LogP contribution < -0.4 is 10.2 Å². The quantitative estimate of drug-likeness (QED) is 0.791. The number of aromatic nitrogens is 2. The van der Waals surface area contributed by atoms with Gasteiger partial charge in [-0.2, -0.15) is 0 Å². The predicted molar refractivity (Wildman–Crippen MR) is 71.5 cm³/mol. The third-order valence-corrected chi connectivity index (χ3v) is 3.02. The highest BCUT2D eigenvalue weighted by Gasteiger charge is 2.22. The molecule has 1 aliphatic rings. The molecule has 108 valence electrons. The summed E-state index contributed by atoms with van der Waals surface area (Å²) >= 11 is 0. The summed E-state index contributed by atoms with van der Waals surface area (Å²) in [6, 6.07) is 1.54. The number of anilines is 1. The Morgan fingerprint density at radius 1 is 1.20 bits per heavy atom. The van der Waals surface area contributed by atoms with Gasteiger partial charge >= 0.3 is 12.0 Å². The summed E-state index contributed by atoms with van der Waals surface area (Å²) in [5, 5.41) is 11.1. The van der Waals surface area contributed by atoms with Crippen molar-refractivity contribution in [2.75, 3.05) is 37.6 Å². The second-order valence-corrected chi connectivity index (χ2v) is 4.40. The third-order valence-electron chi connectivity index (χ3n) is 3.02. The number of aliphatic carboxylic acids is 1. The minimum Gasteiger partial charge on any atom is -0.481 e. The highest BCUT2D eigenvalue weighted by molar-refractivity contribution is 5.75. The maximum atomic E-state index is 11.8. The molecule has 0 saturated carbocycles. The summed E-state index contributed by atoms with van der Waals surface area (Å²) in [6.07, 6.45) is 3.31. The van der Waals surface area contributed by atoms with Crippen LogP contribution in [0.15, 0.2) is 18.5 Å². The molecule has 0 spiro atoms. The molecule has 2 heterocycles. The van der Waals surface area contributed by atoms with Gasteiger partial charge in [-0.15, -0.1) is 0 Å². The van der Waals surface area contributed by atoms with Crippen LogP contribution in [0.5, 0.6) is 0 Å². The lowest BCUT2D eigenvalue weighted by Gasteiger charge is -2.34. The van der Waals surface area contributed by atoms with Crippen LogP contribution >= 0.6 is 0 Å². The molecule has 8 heteroatoms. The Morgan fingerprint density at radius 2 is 1.85 bits per heavy atom. The second-order valence-electron chi connectivity index (χ2n) is 4.40. The van der Waals surface area contributed by atoms with Gasteiger partial charge in [0.15, 0.2) is 0 Å². The van der Waals surface area contributed by atoms with Gasteiger partial charge in [-0.25, -0.2) is 14.8 Å². The molecule has 20 heavy (non-hydrogen) atoms. The Labute approximate surface area is 116 Å². The van der Waals surface area contributed by atoms with E-state index in [1.165, 1.54) is 0 Å². The first-order valence-corrected chi connectivity index (χ1v) is 6.43. The van der Waals surface area contributed by atoms with Gasteiger partial charge in [0.25, 0.3) is 0 Å². The summed E-state index contributed by atoms with van der Waals surface area (Å²) in [4.78, 5) is 34.2. The minimum atomic E-state index is -0.920. The van der Waals surface area contributed by atoms with E-state index in [2.05, 4.69) is 15.3 Å². The number of carboxylic acid groups (broad SMARTS) is 1. The zero-order valence-electron chi connectivity index (χ0n) is 11.0. The number of rotatable bonds is 4. The number of piperazine rings is 1. The van der Waals surface area contributed by atoms with Crippen molar-refractivity contribution in [3.05, 3.63) is 18.5 Å². The molecule has 0 aromatic carbocycles. The van der Waals surface area contributed by atoms with Gasteiger partial charge in [-0.3, -0.25) is 4.79 Å². The van der Waals surface area contributed by atoms with Crippen molar-refractivity contribution < 1.29 is 14.7 Å². The fourth-order valence-electron chi connectivity index (χ4n) is 1.95. The van der Waals surface area contributed by atoms with Crippen molar-refractivity contribution in [2.24, 2.45) is 0 Å². The number of hydrogen-bond acceptors (Lipinski definition) is 5. The SMILES string of the molecule is O=C(O)CCNC(=O)N1CCN(c2ncccn2)CC1. The number of nitrogens with zero attached hydrogens (tertiary/aromatic N) is 4. The fraction of sp³-hybridized carbons (Fsp3) is 0.500. The zero-order chi connectivity index (χ0) is 14.4. The number of carboxylic acids is 1. The first-order chi connectivity index (χ1) is 9.66. The fourth-order valence-corrected chi connectivity index (χ4v) is 1.95. The third kappa shape index (κ3) is 3.81. The molecule has 0 unspecified atom stereocenters. The van der Waals surface area contributed by atoms with Crippen molar-refractivity contribution in [1.82, 2.24) is 20.2 Å². The summed E-state index contributed by atoms with van der Waals surface area (Å²) in [5.41, 5.74) is 0. The van der Waals surface area contributed by atoms with Gasteiger partial charge in [0.05, 0.1) is 6.42 Å². The standard InChI is InChI=1S/C12H17N5O3/c18-10(19)2-5-15-12(20)17-8-6-16(7-9-17)11-13-3-1-4-14-11/h1,3-4H,2,5-9H2,(H,15,20)(H,18,19). The Bertz CT molecular complexity index is 459. The van der Waals surface area contributed by atoms with E-state index < -0.39 is 5.97 Å². The Balaban J connectivity index is 1.76. The van der Waals surface area contributed by atoms with Gasteiger partial charge in [0.2, 0.25) is 5.95 Å². The average molecular weight is 279 g/mol. The van der Waals surface area contributed by atoms with E-state index in [0.29, 0.717) is 32.1 Å². The molecular weight excluding hydrogens is 262 g/mol. The number of carbonyl (C=O) groups excluding carboxylic acids is 1. The summed E-state index contributed by atoms with van der Waals surface area (Å²) in [6.45, 7) is 2.61. The van der Waals surface area contributed by atoms with Crippen molar-refractivity contribution in [1.29, 1.82) is 0 Å². The highest BCUT2D eigenvalue weighted by atomic mass is 16.4. The number of amides is 2. The highest BCUT2D eigenvalue weighted by Crippen LogP contribution is 2.09. The molecule has 1 aliphatic heterocycles. The Kier molecular flexibility index (Phi) is 4.70. The van der Waals surface area contributed by atoms with E-state index in [9.17, 15) is 9.59 Å². The lowest BCUT2D eigenvalue weighted by atomic mass is 10.3. The maximum Gasteiger partial charge on any atom is 0.317 e. The lowest BCUT2D eigenvalue weighted by molar-refractivity contribution is -0.136. The van der Waals surface area contributed by atoms with Crippen molar-refractivity contribution in [3.63, 3.8) is 0 Å². The van der Waals surface area contributed by atoms with Crippen LogP contribution in [-0.2, 0) is 4.79 Å². The number of carbonyl (C=O) groups is 2. The van der Waals surface area contributed by atoms with Crippen LogP contribution in [0.1, 0.15) is 6.42 Å². The number of nitrogens with one attached hydrogen (secondary N) is 1. The zero-order valence-corrected chi connectivity index (χ0v) is 11.0. The van der Waals surface area contributed by atoms with Crippen molar-refractivity contribution >= 4 is 17.9 Å². The topological polar surface area (TPSA) is 98.7 Å². The van der Waals surface area contributed by atoms with E-state index in [1.807, 2.05) is 4.90 Å². The molecule has 0 radical (unpaired) electrons. The van der Waals surface area contributed by atoms with E-state index in [1.54, 1.807) is 23.4 Å². The number of hydrogen-bond donors (Lipinski definition) is 2. The van der Waals surface area contributed by atoms with Crippen LogP contribution in [0, 0.1) is 0 Å². The molecular formula is C12H17N5O3. The first kappa shape index (κ1) is 14.0. The Morgan fingerprint density at radius 3 is 2.45 bits per heavy atom. The smallest absolute Gasteiger partial charge is 0.317 e. The molecule has 2 amide bonds. The molecule has 2 N–H and O–H groups in total. The van der Waals surface area contributed by atoms with Gasteiger partial charge in [0, 0.05) is 45.1 Å². The molecule has 2 rings (SSSR count). The van der Waals surface area contributed by atoms with Crippen LogP contribution in [-0.4, -0.2) is 64.7 Å². The van der Waals surface area contributed by atoms with E-state index in [0.717, 1.165) is 0 Å². The van der Waals surface area contributed by atoms with Gasteiger partial charge < -0.3 is 20.2 Å². The molecule has 0 atom stereocenters. The molecule has 1 aromatic rings. The minimum absolute atomic E-state index is 0.0659. The van der Waals surface area contributed by atoms with Crippen LogP contribution in [0.3, 0.4) is 0 Å². The van der Waals surface area contributed by atoms with Crippen molar-refractivity contribution in [2.45, 2.75) is 6.42 Å². The van der Waals surface area contributed by atoms with Gasteiger partial charge in [0.1, 0.15) is 0 Å². The summed E-state index contributed by atoms with van der Waals surface area (Å²) in [5.74, 6) is -0.255. The largest absolute Gasteiger partial charge is 0.481 e. The first-order valence-electron chi connectivity index (χ1n) is 6.43. The predicted octanol–water partition coefficient (Wildman–Crippen LogP) is -0.217. The second kappa shape index (κ2) is 6.69. The molecule has 1 fully saturated rings. The van der Waals surface area contributed by atoms with Crippen molar-refractivity contribution in [3.8, 4) is 0 Å². The Hall–Kier alpha value is -2.38. The van der Waals surface area contributed by atoms with Crippen LogP contribution in [0.2, 0.25) is 0 Å². The van der Waals surface area contributed by atoms with Crippen LogP contribution in [0.25, 0.3) is 0 Å². The van der Waals surface area contributed by atoms with E-state index in [-0.39, 0.29) is 19.0 Å². The molecule has 0 aliphatic carbocycles. The lowest BCUT2D eigenvalue weighted by Crippen LogP contribution is -2.52. The van der Waals surface area contributed by atoms with E-state index in [4.69, 9.17) is 5.11 Å². The normalized spacial score (nSPS) is 15.0. The number of urea groups is 1. The monoisotopic (exact) mass is 279 g/mol. The summed E-state index contributed by atoms with van der Waals surface area (Å²) < 4.78 is 0. The molecule has 1 aromatic heterocycles. The molecule has 1 saturated heterocycles. The van der Waals surface area contributed by atoms with Gasteiger partial charge in [-0.1, -0.05) is 0 Å². The molecule has 0 bridgehead atoms. The maximum absolute atomic E-state index is 11.8. The summed E-state index contributed by atoms with van der Waals surface area (Å²) in [7, 11) is 0. The van der Waals surface area contributed by atoms with Crippen LogP contribution in [0.4, 0.5) is 10.7 Å². The average Bonchev–Trinajstić information content (AvgIpc) is 2.48.